The molecule has 0 radical (unpaired) electrons. The van der Waals surface area contributed by atoms with Crippen LogP contribution in [0.1, 0.15) is 41.0 Å². The average Bonchev–Trinajstić information content (AvgIpc) is 2.60. The molecular formula is C21H22ClIN2O2. The minimum atomic E-state index is -0.253. The minimum Gasteiger partial charge on any atom is -0.338 e. The summed E-state index contributed by atoms with van der Waals surface area (Å²) in [6.07, 6.45) is 1.14. The number of benzene rings is 2. The van der Waals surface area contributed by atoms with Gasteiger partial charge in [-0.2, -0.15) is 0 Å². The number of rotatable bonds is 3. The number of nitrogens with zero attached hydrogens (tertiary/aromatic N) is 1. The molecular weight excluding hydrogens is 475 g/mol. The minimum absolute atomic E-state index is 0.0323. The van der Waals surface area contributed by atoms with Crippen molar-refractivity contribution in [3.05, 3.63) is 62.2 Å². The third kappa shape index (κ3) is 4.82. The van der Waals surface area contributed by atoms with Crippen LogP contribution in [0, 0.1) is 15.4 Å². The van der Waals surface area contributed by atoms with E-state index in [-0.39, 0.29) is 11.8 Å². The van der Waals surface area contributed by atoms with Crippen LogP contribution in [0.4, 0.5) is 5.69 Å². The summed E-state index contributed by atoms with van der Waals surface area (Å²) in [4.78, 5) is 27.7. The Balaban J connectivity index is 1.83. The first-order chi connectivity index (χ1) is 12.8. The number of hydrogen-bond donors (Lipinski definition) is 1. The lowest BCUT2D eigenvalue weighted by molar-refractivity contribution is 0.0624. The number of likely N-dealkylation sites (tertiary alicyclic amines) is 1. The number of anilines is 1. The van der Waals surface area contributed by atoms with Gasteiger partial charge in [0.05, 0.1) is 16.8 Å². The highest BCUT2D eigenvalue weighted by Gasteiger charge is 2.27. The maximum Gasteiger partial charge on any atom is 0.256 e. The van der Waals surface area contributed by atoms with Gasteiger partial charge in [-0.15, -0.1) is 0 Å². The lowest BCUT2D eigenvalue weighted by Gasteiger charge is -2.35. The molecule has 1 saturated heterocycles. The summed E-state index contributed by atoms with van der Waals surface area (Å²) in [7, 11) is 0. The van der Waals surface area contributed by atoms with Gasteiger partial charge >= 0.3 is 0 Å². The van der Waals surface area contributed by atoms with Gasteiger partial charge in [-0.25, -0.2) is 0 Å². The van der Waals surface area contributed by atoms with E-state index in [0.29, 0.717) is 33.7 Å². The fourth-order valence-corrected chi connectivity index (χ4v) is 4.76. The van der Waals surface area contributed by atoms with Gasteiger partial charge in [-0.1, -0.05) is 37.6 Å². The first-order valence-corrected chi connectivity index (χ1v) is 10.5. The molecule has 1 heterocycles. The fourth-order valence-electron chi connectivity index (χ4n) is 3.64. The molecule has 3 rings (SSSR count). The van der Waals surface area contributed by atoms with Gasteiger partial charge in [0.2, 0.25) is 0 Å². The van der Waals surface area contributed by atoms with Crippen LogP contribution in [0.2, 0.25) is 5.02 Å². The molecule has 0 bridgehead atoms. The van der Waals surface area contributed by atoms with Crippen LogP contribution >= 0.6 is 34.2 Å². The number of para-hydroxylation sites is 1. The molecule has 0 saturated carbocycles. The molecule has 4 nitrogen and oxygen atoms in total. The molecule has 2 aromatic carbocycles. The Morgan fingerprint density at radius 1 is 1.07 bits per heavy atom. The summed E-state index contributed by atoms with van der Waals surface area (Å²) in [6, 6.07) is 12.3. The molecule has 0 aliphatic carbocycles. The van der Waals surface area contributed by atoms with E-state index < -0.39 is 0 Å². The van der Waals surface area contributed by atoms with Gasteiger partial charge in [0.1, 0.15) is 0 Å². The Kier molecular flexibility index (Phi) is 6.42. The molecule has 1 fully saturated rings. The normalized spacial score (nSPS) is 19.6. The zero-order valence-electron chi connectivity index (χ0n) is 15.3. The highest BCUT2D eigenvalue weighted by molar-refractivity contribution is 14.1. The quantitative estimate of drug-likeness (QED) is 0.585. The zero-order valence-corrected chi connectivity index (χ0v) is 18.3. The first kappa shape index (κ1) is 20.1. The van der Waals surface area contributed by atoms with Crippen LogP contribution in [0.5, 0.6) is 0 Å². The predicted octanol–water partition coefficient (Wildman–Crippen LogP) is 5.32. The number of hydrogen-bond acceptors (Lipinski definition) is 2. The number of carbonyl (C=O) groups excluding carboxylic acids is 2. The molecule has 0 aromatic heterocycles. The molecule has 1 aliphatic rings. The Morgan fingerprint density at radius 3 is 2.41 bits per heavy atom. The molecule has 6 heteroatoms. The maximum absolute atomic E-state index is 13.1. The lowest BCUT2D eigenvalue weighted by Crippen LogP contribution is -2.42. The Morgan fingerprint density at radius 2 is 1.74 bits per heavy atom. The van der Waals surface area contributed by atoms with Crippen LogP contribution in [0.25, 0.3) is 0 Å². The van der Waals surface area contributed by atoms with E-state index in [0.717, 1.165) is 23.1 Å². The maximum atomic E-state index is 13.1. The molecule has 0 spiro atoms. The second kappa shape index (κ2) is 8.61. The van der Waals surface area contributed by atoms with Crippen LogP contribution in [-0.4, -0.2) is 29.8 Å². The molecule has 2 unspecified atom stereocenters. The molecule has 142 valence electrons. The van der Waals surface area contributed by atoms with E-state index in [1.54, 1.807) is 30.3 Å². The van der Waals surface area contributed by atoms with E-state index in [1.807, 2.05) is 17.0 Å². The Bertz CT molecular complexity index is 861. The van der Waals surface area contributed by atoms with Crippen molar-refractivity contribution in [2.75, 3.05) is 18.4 Å². The van der Waals surface area contributed by atoms with E-state index in [1.165, 1.54) is 0 Å². The van der Waals surface area contributed by atoms with Crippen molar-refractivity contribution < 1.29 is 9.59 Å². The van der Waals surface area contributed by atoms with Crippen molar-refractivity contribution in [2.24, 2.45) is 11.8 Å². The molecule has 2 atom stereocenters. The van der Waals surface area contributed by atoms with Crippen molar-refractivity contribution in [2.45, 2.75) is 20.3 Å². The average molecular weight is 497 g/mol. The summed E-state index contributed by atoms with van der Waals surface area (Å²) in [5.41, 5.74) is 1.59. The van der Waals surface area contributed by atoms with Crippen molar-refractivity contribution in [1.29, 1.82) is 0 Å². The Hall–Kier alpha value is -1.60. The van der Waals surface area contributed by atoms with Gasteiger partial charge in [0.25, 0.3) is 11.8 Å². The van der Waals surface area contributed by atoms with Crippen molar-refractivity contribution in [3.8, 4) is 0 Å². The van der Waals surface area contributed by atoms with Crippen LogP contribution in [0.3, 0.4) is 0 Å². The third-order valence-corrected chi connectivity index (χ3v) is 5.87. The van der Waals surface area contributed by atoms with Crippen LogP contribution in [-0.2, 0) is 0 Å². The third-order valence-electron chi connectivity index (χ3n) is 4.74. The van der Waals surface area contributed by atoms with Crippen molar-refractivity contribution in [1.82, 2.24) is 4.90 Å². The molecule has 27 heavy (non-hydrogen) atoms. The van der Waals surface area contributed by atoms with Crippen molar-refractivity contribution >= 4 is 51.7 Å². The standard InChI is InChI=1S/C21H22ClIN2O2/c1-13-9-14(2)12-25(11-13)21(27)17-5-3-4-6-19(17)24-20(26)16-8-7-15(22)10-18(16)23/h3-8,10,13-14H,9,11-12H2,1-2H3,(H,24,26). The lowest BCUT2D eigenvalue weighted by atomic mass is 9.91. The van der Waals surface area contributed by atoms with Gasteiger partial charge in [-0.05, 0) is 71.2 Å². The molecule has 2 amide bonds. The summed E-state index contributed by atoms with van der Waals surface area (Å²) >= 11 is 8.06. The van der Waals surface area contributed by atoms with Gasteiger partial charge in [-0.3, -0.25) is 9.59 Å². The van der Waals surface area contributed by atoms with E-state index in [4.69, 9.17) is 11.6 Å². The number of amides is 2. The summed E-state index contributed by atoms with van der Waals surface area (Å²) in [5, 5.41) is 3.48. The van der Waals surface area contributed by atoms with E-state index in [9.17, 15) is 9.59 Å². The van der Waals surface area contributed by atoms with Gasteiger partial charge in [0.15, 0.2) is 0 Å². The van der Waals surface area contributed by atoms with Crippen molar-refractivity contribution in [3.63, 3.8) is 0 Å². The summed E-state index contributed by atoms with van der Waals surface area (Å²) < 4.78 is 0.764. The highest BCUT2D eigenvalue weighted by Crippen LogP contribution is 2.26. The van der Waals surface area contributed by atoms with Crippen LogP contribution < -0.4 is 5.32 Å². The predicted molar refractivity (Wildman–Crippen MR) is 117 cm³/mol. The number of nitrogens with one attached hydrogen (secondary N) is 1. The van der Waals surface area contributed by atoms with Gasteiger partial charge < -0.3 is 10.2 Å². The zero-order chi connectivity index (χ0) is 19.6. The highest BCUT2D eigenvalue weighted by atomic mass is 127. The molecule has 2 aromatic rings. The van der Waals surface area contributed by atoms with Crippen LogP contribution in [0.15, 0.2) is 42.5 Å². The number of piperidine rings is 1. The Labute approximate surface area is 178 Å². The summed E-state index contributed by atoms with van der Waals surface area (Å²) in [6.45, 7) is 5.85. The second-order valence-electron chi connectivity index (χ2n) is 7.28. The fraction of sp³-hybridized carbons (Fsp3) is 0.333. The topological polar surface area (TPSA) is 49.4 Å². The largest absolute Gasteiger partial charge is 0.338 e. The number of carbonyl (C=O) groups is 2. The smallest absolute Gasteiger partial charge is 0.256 e. The molecule has 1 aliphatic heterocycles. The summed E-state index contributed by atoms with van der Waals surface area (Å²) in [5.74, 6) is 0.678. The first-order valence-electron chi connectivity index (χ1n) is 9.00. The monoisotopic (exact) mass is 496 g/mol. The van der Waals surface area contributed by atoms with E-state index >= 15 is 0 Å². The van der Waals surface area contributed by atoms with Gasteiger partial charge in [0, 0.05) is 21.7 Å². The SMILES string of the molecule is CC1CC(C)CN(C(=O)c2ccccc2NC(=O)c2ccc(Cl)cc2I)C1. The molecule has 1 N–H and O–H groups in total. The van der Waals surface area contributed by atoms with E-state index in [2.05, 4.69) is 41.8 Å². The second-order valence-corrected chi connectivity index (χ2v) is 8.88. The number of halogens is 2.